The molecule has 1 aliphatic rings. The van der Waals surface area contributed by atoms with E-state index in [4.69, 9.17) is 0 Å². The van der Waals surface area contributed by atoms with Crippen LogP contribution in [0, 0.1) is 11.8 Å². The van der Waals surface area contributed by atoms with Crippen molar-refractivity contribution in [2.45, 2.75) is 19.9 Å². The number of carboxylic acids is 1. The molecular weight excluding hydrogens is 314 g/mol. The van der Waals surface area contributed by atoms with E-state index in [1.807, 2.05) is 31.2 Å². The van der Waals surface area contributed by atoms with Gasteiger partial charge in [-0.25, -0.2) is 9.78 Å². The largest absolute Gasteiger partial charge is 0.481 e. The number of para-hydroxylation sites is 1. The molecule has 2 aromatic rings. The van der Waals surface area contributed by atoms with Crippen molar-refractivity contribution in [3.63, 3.8) is 0 Å². The Morgan fingerprint density at radius 2 is 2.17 bits per heavy atom. The average Bonchev–Trinajstić information content (AvgIpc) is 2.94. The fraction of sp³-hybridized carbons (Fsp3) is 0.438. The quantitative estimate of drug-likeness (QED) is 0.904. The van der Waals surface area contributed by atoms with Crippen LogP contribution in [0.4, 0.5) is 4.79 Å². The third kappa shape index (κ3) is 3.61. The Morgan fingerprint density at radius 3 is 2.91 bits per heavy atom. The van der Waals surface area contributed by atoms with E-state index in [-0.39, 0.29) is 18.5 Å². The molecule has 2 unspecified atom stereocenters. The van der Waals surface area contributed by atoms with Crippen molar-refractivity contribution >= 4 is 33.6 Å². The molecule has 2 amide bonds. The van der Waals surface area contributed by atoms with Crippen LogP contribution in [0.5, 0.6) is 0 Å². The first-order valence-corrected chi connectivity index (χ1v) is 8.44. The van der Waals surface area contributed by atoms with E-state index in [1.54, 1.807) is 16.2 Å². The maximum absolute atomic E-state index is 12.3. The summed E-state index contributed by atoms with van der Waals surface area (Å²) in [4.78, 5) is 29.6. The van der Waals surface area contributed by atoms with E-state index in [0.717, 1.165) is 15.2 Å². The number of hydrogen-bond donors (Lipinski definition) is 2. The Labute approximate surface area is 138 Å². The third-order valence-electron chi connectivity index (χ3n) is 4.03. The van der Waals surface area contributed by atoms with Gasteiger partial charge in [0.1, 0.15) is 5.01 Å². The van der Waals surface area contributed by atoms with Gasteiger partial charge in [0, 0.05) is 13.1 Å². The highest BCUT2D eigenvalue weighted by Crippen LogP contribution is 2.23. The van der Waals surface area contributed by atoms with Crippen LogP contribution in [0.3, 0.4) is 0 Å². The van der Waals surface area contributed by atoms with Crippen molar-refractivity contribution in [2.75, 3.05) is 13.1 Å². The summed E-state index contributed by atoms with van der Waals surface area (Å²) in [6, 6.07) is 7.63. The second-order valence-corrected chi connectivity index (χ2v) is 7.13. The predicted molar refractivity (Wildman–Crippen MR) is 88.3 cm³/mol. The first-order chi connectivity index (χ1) is 11.0. The summed E-state index contributed by atoms with van der Waals surface area (Å²) in [6.07, 6.45) is 0.622. The van der Waals surface area contributed by atoms with Crippen LogP contribution in [-0.2, 0) is 11.3 Å². The summed E-state index contributed by atoms with van der Waals surface area (Å²) >= 11 is 1.55. The number of fused-ring (bicyclic) bond motifs is 1. The van der Waals surface area contributed by atoms with Crippen LogP contribution < -0.4 is 5.32 Å². The molecular formula is C16H19N3O3S. The van der Waals surface area contributed by atoms with Crippen LogP contribution in [0.25, 0.3) is 10.2 Å². The Hall–Kier alpha value is -2.15. The molecule has 0 bridgehead atoms. The summed E-state index contributed by atoms with van der Waals surface area (Å²) in [5.41, 5.74) is 0.930. The summed E-state index contributed by atoms with van der Waals surface area (Å²) in [7, 11) is 0. The summed E-state index contributed by atoms with van der Waals surface area (Å²) < 4.78 is 1.09. The maximum Gasteiger partial charge on any atom is 0.317 e. The van der Waals surface area contributed by atoms with Crippen molar-refractivity contribution in [3.8, 4) is 0 Å². The summed E-state index contributed by atoms with van der Waals surface area (Å²) in [6.45, 7) is 3.20. The number of aliphatic carboxylic acids is 1. The summed E-state index contributed by atoms with van der Waals surface area (Å²) in [5.74, 6) is -1.12. The molecule has 7 heteroatoms. The van der Waals surface area contributed by atoms with Gasteiger partial charge in [0.05, 0.1) is 22.7 Å². The van der Waals surface area contributed by atoms with Gasteiger partial charge in [0.2, 0.25) is 0 Å². The van der Waals surface area contributed by atoms with Crippen LogP contribution >= 0.6 is 11.3 Å². The SMILES string of the molecule is CC1CC(C(=O)O)CN(C(=O)NCc2nc3ccccc3s2)C1. The Bertz CT molecular complexity index is 697. The molecule has 0 radical (unpaired) electrons. The van der Waals surface area contributed by atoms with Gasteiger partial charge in [-0.2, -0.15) is 0 Å². The van der Waals surface area contributed by atoms with Gasteiger partial charge >= 0.3 is 12.0 Å². The molecule has 2 atom stereocenters. The number of rotatable bonds is 3. The first-order valence-electron chi connectivity index (χ1n) is 7.63. The van der Waals surface area contributed by atoms with Gasteiger partial charge in [-0.05, 0) is 24.5 Å². The Balaban J connectivity index is 1.61. The first kappa shape index (κ1) is 15.7. The van der Waals surface area contributed by atoms with Gasteiger partial charge in [-0.3, -0.25) is 4.79 Å². The van der Waals surface area contributed by atoms with E-state index >= 15 is 0 Å². The number of aromatic nitrogens is 1. The van der Waals surface area contributed by atoms with E-state index in [9.17, 15) is 14.7 Å². The zero-order valence-corrected chi connectivity index (χ0v) is 13.7. The second kappa shape index (κ2) is 6.54. The molecule has 0 spiro atoms. The van der Waals surface area contributed by atoms with Crippen molar-refractivity contribution in [2.24, 2.45) is 11.8 Å². The van der Waals surface area contributed by atoms with E-state index < -0.39 is 11.9 Å². The number of carbonyl (C=O) groups excluding carboxylic acids is 1. The van der Waals surface area contributed by atoms with Crippen molar-refractivity contribution in [3.05, 3.63) is 29.3 Å². The Morgan fingerprint density at radius 1 is 1.39 bits per heavy atom. The van der Waals surface area contributed by atoms with Gasteiger partial charge in [-0.1, -0.05) is 19.1 Å². The zero-order valence-electron chi connectivity index (χ0n) is 12.9. The number of thiazole rings is 1. The minimum atomic E-state index is -0.833. The number of piperidine rings is 1. The lowest BCUT2D eigenvalue weighted by Crippen LogP contribution is -2.49. The summed E-state index contributed by atoms with van der Waals surface area (Å²) in [5, 5.41) is 12.9. The molecule has 122 valence electrons. The zero-order chi connectivity index (χ0) is 16.4. The molecule has 23 heavy (non-hydrogen) atoms. The number of urea groups is 1. The number of benzene rings is 1. The third-order valence-corrected chi connectivity index (χ3v) is 5.06. The molecule has 3 rings (SSSR count). The number of likely N-dealkylation sites (tertiary alicyclic amines) is 1. The number of carbonyl (C=O) groups is 2. The minimum absolute atomic E-state index is 0.193. The van der Waals surface area contributed by atoms with Gasteiger partial charge in [0.25, 0.3) is 0 Å². The maximum atomic E-state index is 12.3. The lowest BCUT2D eigenvalue weighted by molar-refractivity contribution is -0.143. The van der Waals surface area contributed by atoms with Gasteiger partial charge in [-0.15, -0.1) is 11.3 Å². The van der Waals surface area contributed by atoms with Gasteiger partial charge in [0.15, 0.2) is 0 Å². The number of nitrogens with one attached hydrogen (secondary N) is 1. The number of nitrogens with zero attached hydrogens (tertiary/aromatic N) is 2. The molecule has 1 saturated heterocycles. The number of hydrogen-bond acceptors (Lipinski definition) is 4. The molecule has 1 aromatic heterocycles. The lowest BCUT2D eigenvalue weighted by atomic mass is 9.91. The van der Waals surface area contributed by atoms with Crippen molar-refractivity contribution < 1.29 is 14.7 Å². The van der Waals surface area contributed by atoms with Gasteiger partial charge < -0.3 is 15.3 Å². The molecule has 0 saturated carbocycles. The minimum Gasteiger partial charge on any atom is -0.481 e. The molecule has 2 N–H and O–H groups in total. The molecule has 1 aliphatic heterocycles. The topological polar surface area (TPSA) is 82.5 Å². The van der Waals surface area contributed by atoms with Crippen LogP contribution in [0.15, 0.2) is 24.3 Å². The molecule has 2 heterocycles. The monoisotopic (exact) mass is 333 g/mol. The molecule has 1 fully saturated rings. The van der Waals surface area contributed by atoms with E-state index in [1.165, 1.54) is 0 Å². The Kier molecular flexibility index (Phi) is 4.47. The standard InChI is InChI=1S/C16H19N3O3S/c1-10-6-11(15(20)21)9-19(8-10)16(22)17-7-14-18-12-4-2-3-5-13(12)23-14/h2-5,10-11H,6-9H2,1H3,(H,17,22)(H,20,21). The van der Waals surface area contributed by atoms with E-state index in [2.05, 4.69) is 10.3 Å². The van der Waals surface area contributed by atoms with Crippen LogP contribution in [0.2, 0.25) is 0 Å². The van der Waals surface area contributed by atoms with Crippen molar-refractivity contribution in [1.29, 1.82) is 0 Å². The average molecular weight is 333 g/mol. The highest BCUT2D eigenvalue weighted by atomic mass is 32.1. The normalized spacial score (nSPS) is 21.3. The van der Waals surface area contributed by atoms with Crippen LogP contribution in [-0.4, -0.2) is 40.1 Å². The predicted octanol–water partition coefficient (Wildman–Crippen LogP) is 2.55. The van der Waals surface area contributed by atoms with E-state index in [0.29, 0.717) is 19.5 Å². The fourth-order valence-electron chi connectivity index (χ4n) is 2.95. The smallest absolute Gasteiger partial charge is 0.317 e. The lowest BCUT2D eigenvalue weighted by Gasteiger charge is -2.34. The molecule has 1 aromatic carbocycles. The number of carboxylic acid groups (broad SMARTS) is 1. The highest BCUT2D eigenvalue weighted by Gasteiger charge is 2.31. The molecule has 6 nitrogen and oxygen atoms in total. The van der Waals surface area contributed by atoms with Crippen molar-refractivity contribution in [1.82, 2.24) is 15.2 Å². The number of amides is 2. The second-order valence-electron chi connectivity index (χ2n) is 6.02. The highest BCUT2D eigenvalue weighted by molar-refractivity contribution is 7.18. The fourth-order valence-corrected chi connectivity index (χ4v) is 3.86. The molecule has 0 aliphatic carbocycles. The van der Waals surface area contributed by atoms with Crippen LogP contribution in [0.1, 0.15) is 18.4 Å².